The van der Waals surface area contributed by atoms with E-state index in [1.165, 1.54) is 0 Å². The molecule has 0 radical (unpaired) electrons. The molecule has 0 aromatic carbocycles. The van der Waals surface area contributed by atoms with Crippen LogP contribution < -0.4 is 0 Å². The van der Waals surface area contributed by atoms with E-state index in [9.17, 15) is 0 Å². The van der Waals surface area contributed by atoms with Crippen molar-refractivity contribution >= 4 is 42.4 Å². The number of rotatable bonds is 0. The Bertz CT molecular complexity index is 9.61. The van der Waals surface area contributed by atoms with Crippen LogP contribution in [-0.4, -0.2) is 23.1 Å². The first-order valence-electron chi connectivity index (χ1n) is 0.535. The van der Waals surface area contributed by atoms with Gasteiger partial charge in [0, 0.05) is 0 Å². The molecule has 0 aromatic rings. The maximum atomic E-state index is 4.95. The van der Waals surface area contributed by atoms with E-state index in [1.54, 1.807) is 0 Å². The molecule has 0 unspecified atom stereocenters. The third kappa shape index (κ3) is 24.2. The minimum atomic E-state index is -0.931. The first kappa shape index (κ1) is 15.8. The molecule has 0 aromatic heterocycles. The molecule has 0 saturated carbocycles. The Kier molecular flexibility index (Phi) is 52.7. The van der Waals surface area contributed by atoms with Gasteiger partial charge in [-0.1, -0.05) is 7.43 Å². The summed E-state index contributed by atoms with van der Waals surface area (Å²) >= 11 is -0.931. The monoisotopic (exact) mass is 176 g/mol. The molecule has 0 saturated heterocycles. The van der Waals surface area contributed by atoms with Crippen LogP contribution in [0.4, 0.5) is 0 Å². The molecule has 0 aliphatic heterocycles. The summed E-state index contributed by atoms with van der Waals surface area (Å²) in [5.41, 5.74) is 0. The minimum Gasteiger partial charge on any atom is 0.316 e. The second-order valence-electron chi connectivity index (χ2n) is 0.101. The fourth-order valence-corrected chi connectivity index (χ4v) is 0. The standard InChI is InChI=1S/CH4.2ClH.Mg.Zn.2H/h1H4;2*1H;;;;/q;;;;+2;;/p-2. The Balaban J connectivity index is -0.0000000200. The minimum absolute atomic E-state index is 0. The fraction of sp³-hybridized carbons (Fsp3) is 1.00. The molecule has 0 spiro atoms. The van der Waals surface area contributed by atoms with Crippen molar-refractivity contribution in [3.05, 3.63) is 0 Å². The fourth-order valence-electron chi connectivity index (χ4n) is 0. The second kappa shape index (κ2) is 16.7. The predicted octanol–water partition coefficient (Wildman–Crippen LogP) is 1.10. The van der Waals surface area contributed by atoms with Gasteiger partial charge in [0.05, 0.1) is 0 Å². The molecule has 0 fully saturated rings. The van der Waals surface area contributed by atoms with Crippen molar-refractivity contribution in [2.45, 2.75) is 7.43 Å². The maximum Gasteiger partial charge on any atom is 0.316 e. The molecule has 0 N–H and O–H groups in total. The normalized spacial score (nSPS) is 2.00. The molecule has 5 heavy (non-hydrogen) atoms. The topological polar surface area (TPSA) is 0 Å². The van der Waals surface area contributed by atoms with Crippen molar-refractivity contribution in [2.75, 3.05) is 0 Å². The first-order chi connectivity index (χ1) is 1.41. The molecule has 0 atom stereocenters. The Morgan fingerprint density at radius 3 is 1.20 bits per heavy atom. The van der Waals surface area contributed by atoms with Crippen LogP contribution in [0.3, 0.4) is 0 Å². The van der Waals surface area contributed by atoms with Gasteiger partial charge in [0.1, 0.15) is 0 Å². The smallest absolute Gasteiger partial charge is 0.316 e. The van der Waals surface area contributed by atoms with Gasteiger partial charge in [0.15, 0.2) is 0 Å². The third-order valence-corrected chi connectivity index (χ3v) is 0. The van der Waals surface area contributed by atoms with Crippen molar-refractivity contribution in [3.8, 4) is 0 Å². The molecule has 0 aliphatic rings. The number of hydrogen-bond acceptors (Lipinski definition) is 0. The zero-order valence-corrected chi connectivity index (χ0v) is 5.94. The predicted molar refractivity (Wildman–Crippen MR) is 27.0 cm³/mol. The van der Waals surface area contributed by atoms with Crippen LogP contribution in [0.5, 0.6) is 0 Å². The van der Waals surface area contributed by atoms with Gasteiger partial charge in [-0.15, -0.1) is 0 Å². The van der Waals surface area contributed by atoms with E-state index < -0.39 is 15.1 Å². The number of halogens is 2. The summed E-state index contributed by atoms with van der Waals surface area (Å²) in [5.74, 6) is 0. The Morgan fingerprint density at radius 1 is 1.20 bits per heavy atom. The summed E-state index contributed by atoms with van der Waals surface area (Å²) in [7, 11) is 9.90. The van der Waals surface area contributed by atoms with Gasteiger partial charge < -0.3 is 0 Å². The van der Waals surface area contributed by atoms with Crippen LogP contribution in [0.1, 0.15) is 7.43 Å². The van der Waals surface area contributed by atoms with Gasteiger partial charge in [-0.3, -0.25) is 0 Å². The zero-order valence-electron chi connectivity index (χ0n) is 1.46. The molecule has 0 rings (SSSR count). The van der Waals surface area contributed by atoms with Crippen LogP contribution in [-0.2, 0) is 15.1 Å². The molecular formula is CH6Cl2MgZn. The maximum absolute atomic E-state index is 4.95. The molecule has 4 heteroatoms. The van der Waals surface area contributed by atoms with Gasteiger partial charge >= 0.3 is 57.6 Å². The van der Waals surface area contributed by atoms with Gasteiger partial charge in [-0.2, -0.15) is 0 Å². The zero-order chi connectivity index (χ0) is 2.71. The van der Waals surface area contributed by atoms with Crippen LogP contribution in [0, 0.1) is 0 Å². The van der Waals surface area contributed by atoms with E-state index in [1.807, 2.05) is 0 Å². The van der Waals surface area contributed by atoms with E-state index in [2.05, 4.69) is 0 Å². The van der Waals surface area contributed by atoms with E-state index in [0.717, 1.165) is 0 Å². The van der Waals surface area contributed by atoms with Crippen molar-refractivity contribution in [1.29, 1.82) is 0 Å². The van der Waals surface area contributed by atoms with E-state index in [0.29, 0.717) is 0 Å². The molecule has 0 bridgehead atoms. The largest absolute Gasteiger partial charge is 0.316 e. The van der Waals surface area contributed by atoms with Gasteiger partial charge in [-0.05, 0) is 0 Å². The summed E-state index contributed by atoms with van der Waals surface area (Å²) in [4.78, 5) is 0. The number of hydrogen-bond donors (Lipinski definition) is 0. The van der Waals surface area contributed by atoms with Gasteiger partial charge in [-0.25, -0.2) is 0 Å². The molecule has 0 aliphatic carbocycles. The van der Waals surface area contributed by atoms with Crippen molar-refractivity contribution in [2.24, 2.45) is 0 Å². The van der Waals surface area contributed by atoms with Crippen LogP contribution in [0.2, 0.25) is 0 Å². The Morgan fingerprint density at radius 2 is 1.20 bits per heavy atom. The molecule has 0 heterocycles. The van der Waals surface area contributed by atoms with E-state index in [4.69, 9.17) is 19.4 Å². The third-order valence-electron chi connectivity index (χ3n) is 0. The van der Waals surface area contributed by atoms with Crippen molar-refractivity contribution in [3.63, 3.8) is 0 Å². The Labute approximate surface area is 64.4 Å². The van der Waals surface area contributed by atoms with Crippen molar-refractivity contribution < 1.29 is 15.1 Å². The van der Waals surface area contributed by atoms with E-state index >= 15 is 0 Å². The summed E-state index contributed by atoms with van der Waals surface area (Å²) in [6.07, 6.45) is 0. The van der Waals surface area contributed by atoms with Gasteiger partial charge in [0.2, 0.25) is 0 Å². The molecule has 0 nitrogen and oxygen atoms in total. The van der Waals surface area contributed by atoms with Gasteiger partial charge in [0.25, 0.3) is 0 Å². The second-order valence-corrected chi connectivity index (χ2v) is 4.72. The summed E-state index contributed by atoms with van der Waals surface area (Å²) < 4.78 is 0. The summed E-state index contributed by atoms with van der Waals surface area (Å²) in [6, 6.07) is 0. The average Bonchev–Trinajstić information content (AvgIpc) is 0.918. The average molecular weight is 179 g/mol. The summed E-state index contributed by atoms with van der Waals surface area (Å²) in [5, 5.41) is 0. The SMILES string of the molecule is C.[Cl][Zn][Cl].[MgH2]. The molecular weight excluding hydrogens is 173 g/mol. The van der Waals surface area contributed by atoms with Crippen molar-refractivity contribution in [1.82, 2.24) is 0 Å². The van der Waals surface area contributed by atoms with Crippen LogP contribution in [0.25, 0.3) is 0 Å². The van der Waals surface area contributed by atoms with E-state index in [-0.39, 0.29) is 30.5 Å². The van der Waals surface area contributed by atoms with Crippen LogP contribution >= 0.6 is 19.4 Å². The molecule has 0 amide bonds. The Hall–Kier alpha value is 1.97. The quantitative estimate of drug-likeness (QED) is 0.488. The molecule has 28 valence electrons. The first-order valence-corrected chi connectivity index (χ1v) is 8.33. The van der Waals surface area contributed by atoms with Crippen LogP contribution in [0.15, 0.2) is 0 Å². The summed E-state index contributed by atoms with van der Waals surface area (Å²) in [6.45, 7) is 0.